The van der Waals surface area contributed by atoms with Gasteiger partial charge in [0.2, 0.25) is 5.91 Å². The minimum Gasteiger partial charge on any atom is -0.325 e. The van der Waals surface area contributed by atoms with Gasteiger partial charge in [0.1, 0.15) is 0 Å². The number of benzene rings is 1. The molecule has 3 nitrogen and oxygen atoms in total. The molecule has 0 bridgehead atoms. The third-order valence-corrected chi connectivity index (χ3v) is 5.14. The number of aryl methyl sites for hydroxylation is 1. The maximum atomic E-state index is 12.3. The van der Waals surface area contributed by atoms with Crippen LogP contribution in [0.3, 0.4) is 0 Å². The lowest BCUT2D eigenvalue weighted by atomic mass is 9.92. The summed E-state index contributed by atoms with van der Waals surface area (Å²) in [5.74, 6) is 0.397. The van der Waals surface area contributed by atoms with Crippen molar-refractivity contribution < 1.29 is 4.79 Å². The zero-order valence-electron chi connectivity index (χ0n) is 11.1. The number of halogens is 1. The van der Waals surface area contributed by atoms with Gasteiger partial charge < -0.3 is 10.6 Å². The Morgan fingerprint density at radius 2 is 2.16 bits per heavy atom. The monoisotopic (exact) mass is 322 g/mol. The van der Waals surface area contributed by atoms with Gasteiger partial charge in [-0.05, 0) is 78.3 Å². The molecule has 2 fully saturated rings. The Morgan fingerprint density at radius 1 is 1.42 bits per heavy atom. The van der Waals surface area contributed by atoms with Crippen molar-refractivity contribution in [1.29, 1.82) is 0 Å². The standard InChI is InChI=1S/C15H19BrN2O/c1-10-2-3-13(12(16)8-10)18-14(19)11-9-15(11)4-6-17-7-5-15/h2-3,8,11,17H,4-7,9H2,1H3,(H,18,19). The van der Waals surface area contributed by atoms with Crippen molar-refractivity contribution in [3.8, 4) is 0 Å². The van der Waals surface area contributed by atoms with E-state index in [1.54, 1.807) is 0 Å². The minimum absolute atomic E-state index is 0.187. The first-order valence-corrected chi connectivity index (χ1v) is 7.68. The molecule has 3 rings (SSSR count). The lowest BCUT2D eigenvalue weighted by Crippen LogP contribution is -2.31. The molecule has 102 valence electrons. The maximum Gasteiger partial charge on any atom is 0.228 e. The number of carbonyl (C=O) groups is 1. The summed E-state index contributed by atoms with van der Waals surface area (Å²) in [4.78, 5) is 12.3. The van der Waals surface area contributed by atoms with E-state index >= 15 is 0 Å². The van der Waals surface area contributed by atoms with E-state index in [2.05, 4.69) is 26.6 Å². The molecule has 1 amide bonds. The fraction of sp³-hybridized carbons (Fsp3) is 0.533. The average Bonchev–Trinajstić information content (AvgIpc) is 3.07. The van der Waals surface area contributed by atoms with Crippen molar-refractivity contribution in [2.24, 2.45) is 11.3 Å². The zero-order chi connectivity index (χ0) is 13.5. The molecule has 1 saturated heterocycles. The Labute approximate surface area is 122 Å². The van der Waals surface area contributed by atoms with Gasteiger partial charge in [-0.2, -0.15) is 0 Å². The van der Waals surface area contributed by atoms with Crippen LogP contribution in [0.15, 0.2) is 22.7 Å². The Morgan fingerprint density at radius 3 is 2.84 bits per heavy atom. The summed E-state index contributed by atoms with van der Waals surface area (Å²) in [6.45, 7) is 4.15. The molecular weight excluding hydrogens is 304 g/mol. The lowest BCUT2D eigenvalue weighted by molar-refractivity contribution is -0.118. The summed E-state index contributed by atoms with van der Waals surface area (Å²) in [5, 5.41) is 6.43. The lowest BCUT2D eigenvalue weighted by Gasteiger charge is -2.23. The van der Waals surface area contributed by atoms with Crippen molar-refractivity contribution in [1.82, 2.24) is 5.32 Å². The number of anilines is 1. The molecule has 1 aromatic carbocycles. The Kier molecular flexibility index (Phi) is 3.39. The molecule has 0 aromatic heterocycles. The van der Waals surface area contributed by atoms with Crippen LogP contribution in [0.4, 0.5) is 5.69 Å². The summed E-state index contributed by atoms with van der Waals surface area (Å²) in [6.07, 6.45) is 3.34. The second-order valence-electron chi connectivity index (χ2n) is 5.84. The first kappa shape index (κ1) is 13.1. The SMILES string of the molecule is Cc1ccc(NC(=O)C2CC23CCNCC3)c(Br)c1. The van der Waals surface area contributed by atoms with Crippen molar-refractivity contribution >= 4 is 27.5 Å². The molecule has 1 unspecified atom stereocenters. The van der Waals surface area contributed by atoms with Gasteiger partial charge in [-0.3, -0.25) is 4.79 Å². The van der Waals surface area contributed by atoms with Gasteiger partial charge in [0.15, 0.2) is 0 Å². The Bertz CT molecular complexity index is 509. The van der Waals surface area contributed by atoms with Gasteiger partial charge in [-0.25, -0.2) is 0 Å². The molecule has 1 atom stereocenters. The fourth-order valence-electron chi connectivity index (χ4n) is 3.14. The van der Waals surface area contributed by atoms with Crippen LogP contribution in [0.2, 0.25) is 0 Å². The first-order valence-electron chi connectivity index (χ1n) is 6.88. The van der Waals surface area contributed by atoms with E-state index in [1.165, 1.54) is 5.56 Å². The predicted octanol–water partition coefficient (Wildman–Crippen LogP) is 3.09. The van der Waals surface area contributed by atoms with Gasteiger partial charge in [0.25, 0.3) is 0 Å². The molecule has 1 aromatic rings. The number of amides is 1. The number of piperidine rings is 1. The number of hydrogen-bond donors (Lipinski definition) is 2. The van der Waals surface area contributed by atoms with Gasteiger partial charge in [0, 0.05) is 10.4 Å². The van der Waals surface area contributed by atoms with E-state index in [4.69, 9.17) is 0 Å². The van der Waals surface area contributed by atoms with Crippen LogP contribution in [-0.2, 0) is 4.79 Å². The first-order chi connectivity index (χ1) is 9.11. The second kappa shape index (κ2) is 4.91. The van der Waals surface area contributed by atoms with Gasteiger partial charge in [0.05, 0.1) is 5.69 Å². The highest BCUT2D eigenvalue weighted by Crippen LogP contribution is 2.58. The van der Waals surface area contributed by atoms with Crippen molar-refractivity contribution in [3.05, 3.63) is 28.2 Å². The molecule has 0 radical (unpaired) electrons. The van der Waals surface area contributed by atoms with Crippen LogP contribution in [0, 0.1) is 18.3 Å². The van der Waals surface area contributed by atoms with Crippen LogP contribution >= 0.6 is 15.9 Å². The number of carbonyl (C=O) groups excluding carboxylic acids is 1. The average molecular weight is 323 g/mol. The fourth-order valence-corrected chi connectivity index (χ4v) is 3.73. The van der Waals surface area contributed by atoms with Crippen molar-refractivity contribution in [2.45, 2.75) is 26.2 Å². The highest BCUT2D eigenvalue weighted by Gasteiger charge is 2.57. The van der Waals surface area contributed by atoms with Crippen molar-refractivity contribution in [2.75, 3.05) is 18.4 Å². The number of hydrogen-bond acceptors (Lipinski definition) is 2. The van der Waals surface area contributed by atoms with E-state index in [9.17, 15) is 4.79 Å². The molecule has 1 saturated carbocycles. The van der Waals surface area contributed by atoms with Crippen LogP contribution in [0.5, 0.6) is 0 Å². The molecule has 2 aliphatic rings. The van der Waals surface area contributed by atoms with Crippen LogP contribution in [-0.4, -0.2) is 19.0 Å². The summed E-state index contributed by atoms with van der Waals surface area (Å²) in [5.41, 5.74) is 2.37. The molecule has 1 spiro atoms. The Balaban J connectivity index is 1.66. The highest BCUT2D eigenvalue weighted by molar-refractivity contribution is 9.10. The predicted molar refractivity (Wildman–Crippen MR) is 80.2 cm³/mol. The van der Waals surface area contributed by atoms with Crippen LogP contribution in [0.25, 0.3) is 0 Å². The molecule has 2 N–H and O–H groups in total. The molecule has 19 heavy (non-hydrogen) atoms. The smallest absolute Gasteiger partial charge is 0.228 e. The largest absolute Gasteiger partial charge is 0.325 e. The quantitative estimate of drug-likeness (QED) is 0.878. The summed E-state index contributed by atoms with van der Waals surface area (Å²) < 4.78 is 0.959. The van der Waals surface area contributed by atoms with Crippen LogP contribution in [0.1, 0.15) is 24.8 Å². The van der Waals surface area contributed by atoms with Gasteiger partial charge in [-0.15, -0.1) is 0 Å². The molecule has 4 heteroatoms. The maximum absolute atomic E-state index is 12.3. The molecule has 1 aliphatic heterocycles. The van der Waals surface area contributed by atoms with Gasteiger partial charge >= 0.3 is 0 Å². The topological polar surface area (TPSA) is 41.1 Å². The molecule has 1 heterocycles. The van der Waals surface area contributed by atoms with Gasteiger partial charge in [-0.1, -0.05) is 6.07 Å². The third kappa shape index (κ3) is 2.56. The van der Waals surface area contributed by atoms with E-state index in [-0.39, 0.29) is 11.8 Å². The summed E-state index contributed by atoms with van der Waals surface area (Å²) in [7, 11) is 0. The normalized spacial score (nSPS) is 24.2. The summed E-state index contributed by atoms with van der Waals surface area (Å²) in [6, 6.07) is 6.02. The zero-order valence-corrected chi connectivity index (χ0v) is 12.7. The van der Waals surface area contributed by atoms with E-state index in [1.807, 2.05) is 25.1 Å². The second-order valence-corrected chi connectivity index (χ2v) is 6.70. The van der Waals surface area contributed by atoms with E-state index < -0.39 is 0 Å². The van der Waals surface area contributed by atoms with Crippen LogP contribution < -0.4 is 10.6 Å². The van der Waals surface area contributed by atoms with E-state index in [0.29, 0.717) is 5.41 Å². The number of rotatable bonds is 2. The molecule has 1 aliphatic carbocycles. The summed E-state index contributed by atoms with van der Waals surface area (Å²) >= 11 is 3.51. The van der Waals surface area contributed by atoms with E-state index in [0.717, 1.165) is 42.5 Å². The number of nitrogens with one attached hydrogen (secondary N) is 2. The highest BCUT2D eigenvalue weighted by atomic mass is 79.9. The molecular formula is C15H19BrN2O. The minimum atomic E-state index is 0.187. The van der Waals surface area contributed by atoms with Crippen molar-refractivity contribution in [3.63, 3.8) is 0 Å². The third-order valence-electron chi connectivity index (χ3n) is 4.49. The Hall–Kier alpha value is -0.870.